The van der Waals surface area contributed by atoms with Crippen molar-refractivity contribution in [2.45, 2.75) is 45.4 Å². The number of aliphatic imine (C=N–C) groups is 1. The first-order valence-electron chi connectivity index (χ1n) is 7.16. The zero-order chi connectivity index (χ0) is 14.8. The number of rotatable bonds is 8. The molecule has 0 aliphatic rings. The van der Waals surface area contributed by atoms with Crippen LogP contribution in [0.2, 0.25) is 10.0 Å². The molecule has 0 unspecified atom stereocenters. The lowest BCUT2D eigenvalue weighted by Gasteiger charge is -2.09. The van der Waals surface area contributed by atoms with Gasteiger partial charge in [0, 0.05) is 6.54 Å². The predicted octanol–water partition coefficient (Wildman–Crippen LogP) is 5.08. The van der Waals surface area contributed by atoms with Crippen LogP contribution in [-0.4, -0.2) is 12.5 Å². The zero-order valence-electron chi connectivity index (χ0n) is 12.0. The third-order valence-corrected chi connectivity index (χ3v) is 3.64. The molecule has 0 saturated carbocycles. The maximum Gasteiger partial charge on any atom is 0.193 e. The van der Waals surface area contributed by atoms with Gasteiger partial charge < -0.3 is 11.1 Å². The minimum absolute atomic E-state index is 0.355. The van der Waals surface area contributed by atoms with Crippen LogP contribution in [0.15, 0.2) is 23.2 Å². The molecule has 0 heterocycles. The molecule has 0 bridgehead atoms. The summed E-state index contributed by atoms with van der Waals surface area (Å²) in [5, 5.41) is 4.03. The van der Waals surface area contributed by atoms with E-state index in [4.69, 9.17) is 28.9 Å². The van der Waals surface area contributed by atoms with Crippen molar-refractivity contribution in [1.82, 2.24) is 0 Å². The highest BCUT2D eigenvalue weighted by Gasteiger charge is 2.05. The number of nitrogens with zero attached hydrogens (tertiary/aromatic N) is 1. The molecule has 5 heteroatoms. The Morgan fingerprint density at radius 1 is 1.10 bits per heavy atom. The van der Waals surface area contributed by atoms with Gasteiger partial charge >= 0.3 is 0 Å². The summed E-state index contributed by atoms with van der Waals surface area (Å²) in [6.07, 6.45) is 7.42. The molecule has 112 valence electrons. The number of nitrogens with one attached hydrogen (secondary N) is 1. The van der Waals surface area contributed by atoms with Gasteiger partial charge in [-0.15, -0.1) is 0 Å². The van der Waals surface area contributed by atoms with Gasteiger partial charge in [0.15, 0.2) is 5.96 Å². The van der Waals surface area contributed by atoms with Gasteiger partial charge in [0.05, 0.1) is 15.7 Å². The standard InChI is InChI=1S/C15H23Cl2N3/c1-2-3-4-5-6-7-11-19-15(18)20-14-12(16)9-8-10-13(14)17/h8-10H,2-7,11H2,1H3,(H3,18,19,20). The highest BCUT2D eigenvalue weighted by atomic mass is 35.5. The van der Waals surface area contributed by atoms with Crippen molar-refractivity contribution in [3.63, 3.8) is 0 Å². The summed E-state index contributed by atoms with van der Waals surface area (Å²) in [6.45, 7) is 2.95. The number of anilines is 1. The second-order valence-electron chi connectivity index (χ2n) is 4.76. The lowest BCUT2D eigenvalue weighted by Crippen LogP contribution is -2.23. The summed E-state index contributed by atoms with van der Waals surface area (Å²) in [5.74, 6) is 0.355. The van der Waals surface area contributed by atoms with Crippen molar-refractivity contribution in [3.8, 4) is 0 Å². The molecule has 1 aromatic carbocycles. The van der Waals surface area contributed by atoms with E-state index in [1.165, 1.54) is 32.1 Å². The molecule has 0 aliphatic carbocycles. The lowest BCUT2D eigenvalue weighted by molar-refractivity contribution is 0.612. The van der Waals surface area contributed by atoms with Crippen molar-refractivity contribution >= 4 is 34.8 Å². The minimum Gasteiger partial charge on any atom is -0.370 e. The van der Waals surface area contributed by atoms with Gasteiger partial charge in [0.25, 0.3) is 0 Å². The average molecular weight is 316 g/mol. The third kappa shape index (κ3) is 6.49. The Kier molecular flexibility index (Phi) is 8.47. The topological polar surface area (TPSA) is 50.4 Å². The number of hydrogen-bond acceptors (Lipinski definition) is 1. The number of nitrogens with two attached hydrogens (primary N) is 1. The number of guanidine groups is 1. The first-order valence-corrected chi connectivity index (χ1v) is 7.91. The molecule has 1 rings (SSSR count). The highest BCUT2D eigenvalue weighted by molar-refractivity contribution is 6.39. The Labute approximate surface area is 131 Å². The van der Waals surface area contributed by atoms with Gasteiger partial charge in [-0.2, -0.15) is 0 Å². The van der Waals surface area contributed by atoms with Crippen molar-refractivity contribution in [2.75, 3.05) is 11.9 Å². The van der Waals surface area contributed by atoms with E-state index in [-0.39, 0.29) is 0 Å². The largest absolute Gasteiger partial charge is 0.370 e. The van der Waals surface area contributed by atoms with E-state index < -0.39 is 0 Å². The molecule has 0 saturated heterocycles. The summed E-state index contributed by atoms with van der Waals surface area (Å²) in [4.78, 5) is 4.29. The van der Waals surface area contributed by atoms with Crippen LogP contribution in [0.25, 0.3) is 0 Å². The molecule has 0 atom stereocenters. The molecule has 0 spiro atoms. The van der Waals surface area contributed by atoms with Crippen LogP contribution in [0, 0.1) is 0 Å². The summed E-state index contributed by atoms with van der Waals surface area (Å²) in [7, 11) is 0. The van der Waals surface area contributed by atoms with E-state index in [0.29, 0.717) is 21.7 Å². The van der Waals surface area contributed by atoms with E-state index in [0.717, 1.165) is 13.0 Å². The molecule has 3 nitrogen and oxygen atoms in total. The average Bonchev–Trinajstić information content (AvgIpc) is 2.42. The van der Waals surface area contributed by atoms with E-state index >= 15 is 0 Å². The molecule has 0 fully saturated rings. The maximum atomic E-state index is 6.05. The Morgan fingerprint density at radius 3 is 2.35 bits per heavy atom. The van der Waals surface area contributed by atoms with E-state index in [9.17, 15) is 0 Å². The third-order valence-electron chi connectivity index (χ3n) is 3.01. The Balaban J connectivity index is 2.31. The fraction of sp³-hybridized carbons (Fsp3) is 0.533. The van der Waals surface area contributed by atoms with Crippen LogP contribution < -0.4 is 11.1 Å². The summed E-state index contributed by atoms with van der Waals surface area (Å²) in [5.41, 5.74) is 6.44. The van der Waals surface area contributed by atoms with Crippen molar-refractivity contribution in [2.24, 2.45) is 10.7 Å². The van der Waals surface area contributed by atoms with Crippen LogP contribution in [0.1, 0.15) is 45.4 Å². The quantitative estimate of drug-likeness (QED) is 0.399. The van der Waals surface area contributed by atoms with E-state index in [1.807, 2.05) is 0 Å². The second kappa shape index (κ2) is 9.89. The summed E-state index contributed by atoms with van der Waals surface area (Å²) < 4.78 is 0. The fourth-order valence-corrected chi connectivity index (χ4v) is 2.37. The van der Waals surface area contributed by atoms with E-state index in [1.54, 1.807) is 18.2 Å². The van der Waals surface area contributed by atoms with Gasteiger partial charge in [-0.05, 0) is 18.6 Å². The van der Waals surface area contributed by atoms with Crippen LogP contribution in [0.5, 0.6) is 0 Å². The monoisotopic (exact) mass is 315 g/mol. The Bertz CT molecular complexity index is 413. The number of halogens is 2. The first kappa shape index (κ1) is 17.1. The van der Waals surface area contributed by atoms with Crippen LogP contribution in [-0.2, 0) is 0 Å². The summed E-state index contributed by atoms with van der Waals surface area (Å²) >= 11 is 12.1. The molecule has 3 N–H and O–H groups in total. The number of para-hydroxylation sites is 1. The SMILES string of the molecule is CCCCCCCCN=C(N)Nc1c(Cl)cccc1Cl. The molecule has 0 aliphatic heterocycles. The molecule has 0 aromatic heterocycles. The van der Waals surface area contributed by atoms with Gasteiger partial charge in [-0.1, -0.05) is 68.3 Å². The Hall–Kier alpha value is -0.930. The van der Waals surface area contributed by atoms with E-state index in [2.05, 4.69) is 17.2 Å². The molecule has 0 radical (unpaired) electrons. The van der Waals surface area contributed by atoms with Gasteiger partial charge in [-0.25, -0.2) is 0 Å². The molecule has 0 amide bonds. The van der Waals surface area contributed by atoms with Gasteiger partial charge in [-0.3, -0.25) is 4.99 Å². The van der Waals surface area contributed by atoms with Crippen LogP contribution >= 0.6 is 23.2 Å². The van der Waals surface area contributed by atoms with Gasteiger partial charge in [0.1, 0.15) is 0 Å². The lowest BCUT2D eigenvalue weighted by atomic mass is 10.1. The smallest absolute Gasteiger partial charge is 0.193 e. The molecule has 1 aromatic rings. The molecule has 20 heavy (non-hydrogen) atoms. The number of benzene rings is 1. The number of hydrogen-bond donors (Lipinski definition) is 2. The zero-order valence-corrected chi connectivity index (χ0v) is 13.5. The van der Waals surface area contributed by atoms with Crippen molar-refractivity contribution < 1.29 is 0 Å². The molecular weight excluding hydrogens is 293 g/mol. The minimum atomic E-state index is 0.355. The van der Waals surface area contributed by atoms with Gasteiger partial charge in [0.2, 0.25) is 0 Å². The predicted molar refractivity (Wildman–Crippen MR) is 90.0 cm³/mol. The highest BCUT2D eigenvalue weighted by Crippen LogP contribution is 2.29. The normalized spacial score (nSPS) is 11.7. The number of unbranched alkanes of at least 4 members (excludes halogenated alkanes) is 5. The van der Waals surface area contributed by atoms with Crippen LogP contribution in [0.4, 0.5) is 5.69 Å². The van der Waals surface area contributed by atoms with Crippen molar-refractivity contribution in [1.29, 1.82) is 0 Å². The van der Waals surface area contributed by atoms with Crippen LogP contribution in [0.3, 0.4) is 0 Å². The molecular formula is C15H23Cl2N3. The summed E-state index contributed by atoms with van der Waals surface area (Å²) in [6, 6.07) is 5.31. The second-order valence-corrected chi connectivity index (χ2v) is 5.57. The Morgan fingerprint density at radius 2 is 1.70 bits per heavy atom. The fourth-order valence-electron chi connectivity index (χ4n) is 1.88. The first-order chi connectivity index (χ1) is 9.65. The van der Waals surface area contributed by atoms with Crippen molar-refractivity contribution in [3.05, 3.63) is 28.2 Å². The maximum absolute atomic E-state index is 6.05.